The first-order chi connectivity index (χ1) is 9.96. The van der Waals surface area contributed by atoms with Gasteiger partial charge in [0.25, 0.3) is 0 Å². The van der Waals surface area contributed by atoms with Gasteiger partial charge in [-0.1, -0.05) is 15.9 Å². The normalized spacial score (nSPS) is 20.2. The molecular formula is C13H17BrN2O4S. The average Bonchev–Trinajstić information content (AvgIpc) is 2.48. The number of nitrogens with zero attached hydrogens (tertiary/aromatic N) is 1. The zero-order valence-electron chi connectivity index (χ0n) is 11.6. The number of hydrogen-bond acceptors (Lipinski definition) is 5. The molecule has 0 bridgehead atoms. The molecule has 1 N–H and O–H groups in total. The second kappa shape index (κ2) is 6.87. The smallest absolute Gasteiger partial charge is 0.325 e. The molecule has 1 aliphatic heterocycles. The van der Waals surface area contributed by atoms with Gasteiger partial charge in [-0.3, -0.25) is 4.79 Å². The van der Waals surface area contributed by atoms with Crippen LogP contribution >= 0.6 is 15.9 Å². The first kappa shape index (κ1) is 16.4. The summed E-state index contributed by atoms with van der Waals surface area (Å²) in [7, 11) is -3.72. The summed E-state index contributed by atoms with van der Waals surface area (Å²) in [6.45, 7) is 2.92. The molecular weight excluding hydrogens is 360 g/mol. The molecule has 1 heterocycles. The van der Waals surface area contributed by atoms with Crippen LogP contribution in [0.25, 0.3) is 0 Å². The van der Waals surface area contributed by atoms with Gasteiger partial charge in [0.1, 0.15) is 6.04 Å². The Kier molecular flexibility index (Phi) is 5.37. The minimum absolute atomic E-state index is 0.168. The lowest BCUT2D eigenvalue weighted by Crippen LogP contribution is -2.57. The van der Waals surface area contributed by atoms with Gasteiger partial charge in [0.05, 0.1) is 11.5 Å². The van der Waals surface area contributed by atoms with Crippen molar-refractivity contribution in [3.8, 4) is 0 Å². The number of hydrogen-bond donors (Lipinski definition) is 1. The summed E-state index contributed by atoms with van der Waals surface area (Å²) in [5, 5.41) is 3.02. The van der Waals surface area contributed by atoms with E-state index in [2.05, 4.69) is 21.2 Å². The Morgan fingerprint density at radius 3 is 2.71 bits per heavy atom. The van der Waals surface area contributed by atoms with Crippen molar-refractivity contribution in [2.24, 2.45) is 0 Å². The molecule has 116 valence electrons. The predicted octanol–water partition coefficient (Wildman–Crippen LogP) is 0.975. The summed E-state index contributed by atoms with van der Waals surface area (Å²) in [4.78, 5) is 12.1. The minimum Gasteiger partial charge on any atom is -0.465 e. The maximum Gasteiger partial charge on any atom is 0.325 e. The Labute approximate surface area is 132 Å². The number of carbonyl (C=O) groups is 1. The molecule has 2 rings (SSSR count). The lowest BCUT2D eigenvalue weighted by atomic mass is 10.2. The standard InChI is InChI=1S/C13H17BrN2O4S/c1-2-20-13(17)12-9-15-7-8-16(12)21(18,19)11-5-3-10(14)4-6-11/h3-6,12,15H,2,7-9H2,1H3. The predicted molar refractivity (Wildman–Crippen MR) is 81.3 cm³/mol. The van der Waals surface area contributed by atoms with Gasteiger partial charge < -0.3 is 10.1 Å². The molecule has 0 spiro atoms. The second-order valence-electron chi connectivity index (χ2n) is 4.54. The fourth-order valence-electron chi connectivity index (χ4n) is 2.15. The number of carbonyl (C=O) groups excluding carboxylic acids is 1. The van der Waals surface area contributed by atoms with E-state index in [0.717, 1.165) is 4.47 Å². The number of nitrogens with one attached hydrogen (secondary N) is 1. The number of esters is 1. The Morgan fingerprint density at radius 2 is 2.10 bits per heavy atom. The Hall–Kier alpha value is -0.960. The molecule has 1 aromatic carbocycles. The summed E-state index contributed by atoms with van der Waals surface area (Å²) in [5.41, 5.74) is 0. The van der Waals surface area contributed by atoms with E-state index in [0.29, 0.717) is 6.54 Å². The number of sulfonamides is 1. The van der Waals surface area contributed by atoms with Crippen LogP contribution in [-0.4, -0.2) is 51.0 Å². The summed E-state index contributed by atoms with van der Waals surface area (Å²) >= 11 is 3.27. The molecule has 1 unspecified atom stereocenters. The summed E-state index contributed by atoms with van der Waals surface area (Å²) < 4.78 is 32.4. The Morgan fingerprint density at radius 1 is 1.43 bits per heavy atom. The molecule has 6 nitrogen and oxygen atoms in total. The first-order valence-corrected chi connectivity index (χ1v) is 8.85. The van der Waals surface area contributed by atoms with Gasteiger partial charge in [-0.05, 0) is 31.2 Å². The molecule has 1 saturated heterocycles. The fraction of sp³-hybridized carbons (Fsp3) is 0.462. The van der Waals surface area contributed by atoms with Crippen molar-refractivity contribution < 1.29 is 17.9 Å². The van der Waals surface area contributed by atoms with Crippen LogP contribution in [0.1, 0.15) is 6.92 Å². The SMILES string of the molecule is CCOC(=O)C1CNCCN1S(=O)(=O)c1ccc(Br)cc1. The highest BCUT2D eigenvalue weighted by Gasteiger charge is 2.38. The molecule has 1 fully saturated rings. The summed E-state index contributed by atoms with van der Waals surface area (Å²) in [6.07, 6.45) is 0. The molecule has 0 radical (unpaired) electrons. The lowest BCUT2D eigenvalue weighted by Gasteiger charge is -2.33. The monoisotopic (exact) mass is 376 g/mol. The molecule has 1 aromatic rings. The fourth-order valence-corrected chi connectivity index (χ4v) is 4.00. The van der Waals surface area contributed by atoms with Crippen molar-refractivity contribution in [1.82, 2.24) is 9.62 Å². The van der Waals surface area contributed by atoms with E-state index in [1.54, 1.807) is 19.1 Å². The highest BCUT2D eigenvalue weighted by Crippen LogP contribution is 2.22. The van der Waals surface area contributed by atoms with Gasteiger partial charge in [0, 0.05) is 24.1 Å². The maximum absolute atomic E-state index is 12.7. The second-order valence-corrected chi connectivity index (χ2v) is 7.35. The number of halogens is 1. The topological polar surface area (TPSA) is 75.7 Å². The molecule has 0 aliphatic carbocycles. The molecule has 1 atom stereocenters. The van der Waals surface area contributed by atoms with Crippen molar-refractivity contribution in [3.05, 3.63) is 28.7 Å². The summed E-state index contributed by atoms with van der Waals surface area (Å²) in [6, 6.07) is 5.53. The third-order valence-electron chi connectivity index (χ3n) is 3.17. The molecule has 1 aliphatic rings. The number of benzene rings is 1. The van der Waals surface area contributed by atoms with Gasteiger partial charge in [0.15, 0.2) is 0 Å². The van der Waals surface area contributed by atoms with Crippen LogP contribution in [0.4, 0.5) is 0 Å². The molecule has 0 aromatic heterocycles. The Balaban J connectivity index is 2.31. The van der Waals surface area contributed by atoms with E-state index in [-0.39, 0.29) is 24.6 Å². The van der Waals surface area contributed by atoms with E-state index in [1.807, 2.05) is 0 Å². The van der Waals surface area contributed by atoms with Crippen LogP contribution in [0, 0.1) is 0 Å². The third-order valence-corrected chi connectivity index (χ3v) is 5.62. The van der Waals surface area contributed by atoms with Crippen LogP contribution in [0.5, 0.6) is 0 Å². The van der Waals surface area contributed by atoms with Gasteiger partial charge in [-0.25, -0.2) is 8.42 Å². The number of piperazine rings is 1. The van der Waals surface area contributed by atoms with Gasteiger partial charge in [0.2, 0.25) is 10.0 Å². The zero-order valence-corrected chi connectivity index (χ0v) is 14.0. The highest BCUT2D eigenvalue weighted by atomic mass is 79.9. The average molecular weight is 377 g/mol. The van der Waals surface area contributed by atoms with E-state index < -0.39 is 22.0 Å². The van der Waals surface area contributed by atoms with E-state index >= 15 is 0 Å². The first-order valence-electron chi connectivity index (χ1n) is 6.61. The van der Waals surface area contributed by atoms with Crippen LogP contribution < -0.4 is 5.32 Å². The van der Waals surface area contributed by atoms with E-state index in [4.69, 9.17) is 4.74 Å². The van der Waals surface area contributed by atoms with Crippen molar-refractivity contribution in [1.29, 1.82) is 0 Å². The van der Waals surface area contributed by atoms with Gasteiger partial charge in [-0.15, -0.1) is 0 Å². The maximum atomic E-state index is 12.7. The molecule has 0 amide bonds. The number of ether oxygens (including phenoxy) is 1. The van der Waals surface area contributed by atoms with Crippen LogP contribution in [0.2, 0.25) is 0 Å². The van der Waals surface area contributed by atoms with Gasteiger partial charge in [-0.2, -0.15) is 4.31 Å². The molecule has 8 heteroatoms. The molecule has 0 saturated carbocycles. The Bertz CT molecular complexity index is 603. The van der Waals surface area contributed by atoms with Crippen LogP contribution in [0.15, 0.2) is 33.6 Å². The largest absolute Gasteiger partial charge is 0.465 e. The van der Waals surface area contributed by atoms with E-state index in [1.165, 1.54) is 16.4 Å². The lowest BCUT2D eigenvalue weighted by molar-refractivity contribution is -0.148. The third kappa shape index (κ3) is 3.63. The van der Waals surface area contributed by atoms with Crippen molar-refractivity contribution in [3.63, 3.8) is 0 Å². The van der Waals surface area contributed by atoms with Crippen molar-refractivity contribution in [2.45, 2.75) is 17.9 Å². The van der Waals surface area contributed by atoms with Crippen LogP contribution in [0.3, 0.4) is 0 Å². The highest BCUT2D eigenvalue weighted by molar-refractivity contribution is 9.10. The zero-order chi connectivity index (χ0) is 15.5. The van der Waals surface area contributed by atoms with Crippen molar-refractivity contribution >= 4 is 31.9 Å². The minimum atomic E-state index is -3.72. The summed E-state index contributed by atoms with van der Waals surface area (Å²) in [5.74, 6) is -0.523. The quantitative estimate of drug-likeness (QED) is 0.792. The van der Waals surface area contributed by atoms with Crippen molar-refractivity contribution in [2.75, 3.05) is 26.2 Å². The van der Waals surface area contributed by atoms with E-state index in [9.17, 15) is 13.2 Å². The number of rotatable bonds is 4. The van der Waals surface area contributed by atoms with Gasteiger partial charge >= 0.3 is 5.97 Å². The van der Waals surface area contributed by atoms with Crippen LogP contribution in [-0.2, 0) is 19.6 Å². The molecule has 21 heavy (non-hydrogen) atoms.